The standard InChI is InChI=1S/C12H14ClN7O2/c1-19-6-14-8-9(16-12(13)17-10(8)19)15-7-5-20(3-4-21)18-11(7)22-2/h5-6,21H,3-4H2,1-2H3,(H,15,16,17). The van der Waals surface area contributed by atoms with Gasteiger partial charge in [-0.2, -0.15) is 9.97 Å². The molecule has 0 unspecified atom stereocenters. The van der Waals surface area contributed by atoms with Crippen LogP contribution in [0.15, 0.2) is 12.5 Å². The SMILES string of the molecule is COc1nn(CCO)cc1Nc1nc(Cl)nc2c1ncn2C. The Labute approximate surface area is 130 Å². The summed E-state index contributed by atoms with van der Waals surface area (Å²) in [6.45, 7) is 0.343. The van der Waals surface area contributed by atoms with E-state index in [1.807, 2.05) is 7.05 Å². The number of imidazole rings is 1. The van der Waals surface area contributed by atoms with E-state index in [-0.39, 0.29) is 11.9 Å². The van der Waals surface area contributed by atoms with Gasteiger partial charge in [0.15, 0.2) is 17.0 Å². The highest BCUT2D eigenvalue weighted by Gasteiger charge is 2.15. The number of halogens is 1. The molecule has 3 aromatic heterocycles. The first-order chi connectivity index (χ1) is 10.6. The van der Waals surface area contributed by atoms with Crippen molar-refractivity contribution in [3.05, 3.63) is 17.8 Å². The number of rotatable bonds is 5. The van der Waals surface area contributed by atoms with Crippen molar-refractivity contribution in [1.29, 1.82) is 0 Å². The molecule has 0 aromatic carbocycles. The van der Waals surface area contributed by atoms with Gasteiger partial charge in [0.25, 0.3) is 5.88 Å². The molecule has 0 radical (unpaired) electrons. The maximum absolute atomic E-state index is 8.99. The predicted molar refractivity (Wildman–Crippen MR) is 80.5 cm³/mol. The van der Waals surface area contributed by atoms with Crippen LogP contribution in [0.3, 0.4) is 0 Å². The number of nitrogens with one attached hydrogen (secondary N) is 1. The van der Waals surface area contributed by atoms with Gasteiger partial charge in [0.05, 0.1) is 32.8 Å². The van der Waals surface area contributed by atoms with Crippen molar-refractivity contribution in [2.45, 2.75) is 6.54 Å². The number of aliphatic hydroxyl groups is 1. The van der Waals surface area contributed by atoms with Gasteiger partial charge >= 0.3 is 0 Å². The van der Waals surface area contributed by atoms with Crippen LogP contribution in [0, 0.1) is 0 Å². The van der Waals surface area contributed by atoms with E-state index >= 15 is 0 Å². The van der Waals surface area contributed by atoms with Gasteiger partial charge in [-0.3, -0.25) is 4.68 Å². The number of aryl methyl sites for hydroxylation is 1. The third kappa shape index (κ3) is 2.55. The zero-order valence-electron chi connectivity index (χ0n) is 12.0. The molecule has 9 nitrogen and oxygen atoms in total. The Morgan fingerprint density at radius 3 is 2.95 bits per heavy atom. The smallest absolute Gasteiger partial charge is 0.256 e. The Hall–Kier alpha value is -2.39. The molecule has 0 aliphatic carbocycles. The van der Waals surface area contributed by atoms with Gasteiger partial charge in [0, 0.05) is 7.05 Å². The molecule has 3 rings (SSSR count). The lowest BCUT2D eigenvalue weighted by molar-refractivity contribution is 0.267. The molecule has 0 fully saturated rings. The van der Waals surface area contributed by atoms with Gasteiger partial charge in [-0.1, -0.05) is 0 Å². The molecule has 10 heteroatoms. The van der Waals surface area contributed by atoms with E-state index in [0.29, 0.717) is 35.1 Å². The second-order valence-electron chi connectivity index (χ2n) is 4.53. The molecule has 22 heavy (non-hydrogen) atoms. The van der Waals surface area contributed by atoms with E-state index < -0.39 is 0 Å². The largest absolute Gasteiger partial charge is 0.478 e. The van der Waals surface area contributed by atoms with Crippen molar-refractivity contribution in [3.63, 3.8) is 0 Å². The first-order valence-electron chi connectivity index (χ1n) is 6.46. The van der Waals surface area contributed by atoms with Gasteiger partial charge in [-0.05, 0) is 11.6 Å². The Kier molecular flexibility index (Phi) is 3.82. The third-order valence-electron chi connectivity index (χ3n) is 3.04. The number of anilines is 2. The fourth-order valence-corrected chi connectivity index (χ4v) is 2.22. The minimum absolute atomic E-state index is 0.0197. The topological polar surface area (TPSA) is 103 Å². The molecule has 0 atom stereocenters. The number of hydrogen-bond acceptors (Lipinski definition) is 7. The molecule has 0 saturated carbocycles. The summed E-state index contributed by atoms with van der Waals surface area (Å²) in [6, 6.07) is 0. The number of fused-ring (bicyclic) bond motifs is 1. The number of methoxy groups -OCH3 is 1. The molecule has 0 aliphatic heterocycles. The number of aliphatic hydroxyl groups excluding tert-OH is 1. The van der Waals surface area contributed by atoms with Crippen molar-refractivity contribution in [2.24, 2.45) is 7.05 Å². The Morgan fingerprint density at radius 1 is 1.41 bits per heavy atom. The van der Waals surface area contributed by atoms with Gasteiger partial charge < -0.3 is 19.7 Å². The van der Waals surface area contributed by atoms with Crippen LogP contribution in [-0.4, -0.2) is 48.1 Å². The molecule has 0 bridgehead atoms. The molecule has 3 aromatic rings. The second kappa shape index (κ2) is 5.78. The van der Waals surface area contributed by atoms with Crippen LogP contribution in [0.5, 0.6) is 5.88 Å². The highest BCUT2D eigenvalue weighted by Crippen LogP contribution is 2.28. The van der Waals surface area contributed by atoms with Crippen molar-refractivity contribution in [2.75, 3.05) is 19.0 Å². The molecule has 116 valence electrons. The summed E-state index contributed by atoms with van der Waals surface area (Å²) >= 11 is 5.96. The molecule has 3 heterocycles. The molecule has 0 spiro atoms. The lowest BCUT2D eigenvalue weighted by Gasteiger charge is -2.05. The number of ether oxygens (including phenoxy) is 1. The average Bonchev–Trinajstić information content (AvgIpc) is 3.04. The third-order valence-corrected chi connectivity index (χ3v) is 3.20. The summed E-state index contributed by atoms with van der Waals surface area (Å²) in [5, 5.41) is 16.4. The van der Waals surface area contributed by atoms with Crippen LogP contribution < -0.4 is 10.1 Å². The molecular weight excluding hydrogens is 310 g/mol. The highest BCUT2D eigenvalue weighted by molar-refractivity contribution is 6.28. The zero-order valence-corrected chi connectivity index (χ0v) is 12.7. The quantitative estimate of drug-likeness (QED) is 0.674. The van der Waals surface area contributed by atoms with Gasteiger partial charge in [-0.25, -0.2) is 4.98 Å². The van der Waals surface area contributed by atoms with E-state index in [4.69, 9.17) is 21.4 Å². The fraction of sp³-hybridized carbons (Fsp3) is 0.333. The summed E-state index contributed by atoms with van der Waals surface area (Å²) < 4.78 is 8.53. The van der Waals surface area contributed by atoms with E-state index in [9.17, 15) is 0 Å². The van der Waals surface area contributed by atoms with E-state index in [1.54, 1.807) is 21.8 Å². The monoisotopic (exact) mass is 323 g/mol. The van der Waals surface area contributed by atoms with Gasteiger partial charge in [0.2, 0.25) is 5.28 Å². The lowest BCUT2D eigenvalue weighted by atomic mass is 10.4. The van der Waals surface area contributed by atoms with Crippen LogP contribution in [-0.2, 0) is 13.6 Å². The fourth-order valence-electron chi connectivity index (χ4n) is 2.05. The number of aromatic nitrogens is 6. The predicted octanol–water partition coefficient (Wildman–Crippen LogP) is 0.958. The van der Waals surface area contributed by atoms with Crippen LogP contribution in [0.4, 0.5) is 11.5 Å². The number of nitrogens with zero attached hydrogens (tertiary/aromatic N) is 6. The highest BCUT2D eigenvalue weighted by atomic mass is 35.5. The van der Waals surface area contributed by atoms with E-state index in [0.717, 1.165) is 0 Å². The van der Waals surface area contributed by atoms with Crippen LogP contribution in [0.2, 0.25) is 5.28 Å². The lowest BCUT2D eigenvalue weighted by Crippen LogP contribution is -2.02. The Morgan fingerprint density at radius 2 is 2.23 bits per heavy atom. The summed E-state index contributed by atoms with van der Waals surface area (Å²) in [5.74, 6) is 0.838. The minimum atomic E-state index is -0.0197. The summed E-state index contributed by atoms with van der Waals surface area (Å²) in [5.41, 5.74) is 1.80. The first-order valence-corrected chi connectivity index (χ1v) is 6.84. The van der Waals surface area contributed by atoms with Crippen molar-refractivity contribution in [3.8, 4) is 5.88 Å². The van der Waals surface area contributed by atoms with Crippen molar-refractivity contribution < 1.29 is 9.84 Å². The average molecular weight is 324 g/mol. The Bertz CT molecular complexity index is 813. The van der Waals surface area contributed by atoms with Crippen LogP contribution >= 0.6 is 11.6 Å². The maximum Gasteiger partial charge on any atom is 0.256 e. The van der Waals surface area contributed by atoms with Crippen molar-refractivity contribution in [1.82, 2.24) is 29.3 Å². The van der Waals surface area contributed by atoms with E-state index in [2.05, 4.69) is 25.4 Å². The maximum atomic E-state index is 8.99. The summed E-state index contributed by atoms with van der Waals surface area (Å²) in [6.07, 6.45) is 3.34. The van der Waals surface area contributed by atoms with Gasteiger partial charge in [-0.15, -0.1) is 5.10 Å². The number of hydrogen-bond donors (Lipinski definition) is 2. The normalized spacial score (nSPS) is 11.1. The minimum Gasteiger partial charge on any atom is -0.478 e. The summed E-state index contributed by atoms with van der Waals surface area (Å²) in [7, 11) is 3.34. The second-order valence-corrected chi connectivity index (χ2v) is 4.87. The van der Waals surface area contributed by atoms with Crippen LogP contribution in [0.25, 0.3) is 11.2 Å². The first kappa shape index (κ1) is 14.5. The zero-order chi connectivity index (χ0) is 15.7. The molecule has 2 N–H and O–H groups in total. The van der Waals surface area contributed by atoms with Crippen molar-refractivity contribution >= 4 is 34.3 Å². The molecule has 0 amide bonds. The van der Waals surface area contributed by atoms with Crippen LogP contribution in [0.1, 0.15) is 0 Å². The molecular formula is C12H14ClN7O2. The molecule has 0 aliphatic rings. The molecule has 0 saturated heterocycles. The van der Waals surface area contributed by atoms with Gasteiger partial charge in [0.1, 0.15) is 5.69 Å². The van der Waals surface area contributed by atoms with E-state index in [1.165, 1.54) is 7.11 Å². The summed E-state index contributed by atoms with van der Waals surface area (Å²) in [4.78, 5) is 12.6. The Balaban J connectivity index is 2.03.